The third-order valence-corrected chi connectivity index (χ3v) is 4.30. The molecular formula is C17H17N5O2. The van der Waals surface area contributed by atoms with Gasteiger partial charge in [-0.15, -0.1) is 0 Å². The Hall–Kier alpha value is -2.93. The highest BCUT2D eigenvalue weighted by molar-refractivity contribution is 5.83. The highest BCUT2D eigenvalue weighted by atomic mass is 16.6. The van der Waals surface area contributed by atoms with E-state index in [9.17, 15) is 10.1 Å². The molecule has 3 aromatic rings. The van der Waals surface area contributed by atoms with E-state index >= 15 is 0 Å². The Morgan fingerprint density at radius 3 is 2.54 bits per heavy atom. The SMILES string of the molecule is O=[N+]([O-])c1ccc(-c2nc3ccc(N4CCNCC4)cc3[nH]2)cc1. The lowest BCUT2D eigenvalue weighted by molar-refractivity contribution is -0.384. The summed E-state index contributed by atoms with van der Waals surface area (Å²) in [5, 5.41) is 14.1. The first-order valence-corrected chi connectivity index (χ1v) is 7.91. The van der Waals surface area contributed by atoms with E-state index in [-0.39, 0.29) is 5.69 Å². The van der Waals surface area contributed by atoms with Gasteiger partial charge in [-0.1, -0.05) is 0 Å². The second kappa shape index (κ2) is 5.93. The average Bonchev–Trinajstić information content (AvgIpc) is 3.06. The van der Waals surface area contributed by atoms with Crippen LogP contribution in [0.15, 0.2) is 42.5 Å². The van der Waals surface area contributed by atoms with E-state index in [2.05, 4.69) is 32.3 Å². The van der Waals surface area contributed by atoms with Crippen LogP contribution in [0.2, 0.25) is 0 Å². The molecule has 0 saturated carbocycles. The van der Waals surface area contributed by atoms with Gasteiger partial charge in [0.05, 0.1) is 16.0 Å². The van der Waals surface area contributed by atoms with Gasteiger partial charge in [-0.25, -0.2) is 4.98 Å². The summed E-state index contributed by atoms with van der Waals surface area (Å²) >= 11 is 0. The van der Waals surface area contributed by atoms with Gasteiger partial charge in [0.2, 0.25) is 0 Å². The van der Waals surface area contributed by atoms with E-state index in [0.717, 1.165) is 48.6 Å². The molecule has 7 nitrogen and oxygen atoms in total. The lowest BCUT2D eigenvalue weighted by Crippen LogP contribution is -2.43. The molecule has 0 bridgehead atoms. The van der Waals surface area contributed by atoms with Gasteiger partial charge < -0.3 is 15.2 Å². The number of hydrogen-bond acceptors (Lipinski definition) is 5. The molecule has 1 aromatic heterocycles. The summed E-state index contributed by atoms with van der Waals surface area (Å²) in [5.41, 5.74) is 3.96. The van der Waals surface area contributed by atoms with Crippen molar-refractivity contribution in [2.45, 2.75) is 0 Å². The number of nitro benzene ring substituents is 1. The monoisotopic (exact) mass is 323 g/mol. The molecule has 0 amide bonds. The number of nitrogens with one attached hydrogen (secondary N) is 2. The van der Waals surface area contributed by atoms with Gasteiger partial charge >= 0.3 is 0 Å². The molecule has 0 atom stereocenters. The average molecular weight is 323 g/mol. The van der Waals surface area contributed by atoms with E-state index in [1.807, 2.05) is 6.07 Å². The number of rotatable bonds is 3. The molecule has 2 heterocycles. The molecule has 0 aliphatic carbocycles. The lowest BCUT2D eigenvalue weighted by Gasteiger charge is -2.29. The van der Waals surface area contributed by atoms with Crippen molar-refractivity contribution in [2.75, 3.05) is 31.1 Å². The van der Waals surface area contributed by atoms with Crippen molar-refractivity contribution < 1.29 is 4.92 Å². The van der Waals surface area contributed by atoms with E-state index in [1.165, 1.54) is 17.8 Å². The number of piperazine rings is 1. The minimum atomic E-state index is -0.401. The number of hydrogen-bond donors (Lipinski definition) is 2. The number of aromatic nitrogens is 2. The summed E-state index contributed by atoms with van der Waals surface area (Å²) in [6.45, 7) is 3.98. The van der Waals surface area contributed by atoms with Crippen LogP contribution < -0.4 is 10.2 Å². The fourth-order valence-corrected chi connectivity index (χ4v) is 3.00. The molecular weight excluding hydrogens is 306 g/mol. The molecule has 1 aliphatic rings. The van der Waals surface area contributed by atoms with Gasteiger partial charge in [-0.2, -0.15) is 0 Å². The van der Waals surface area contributed by atoms with Crippen LogP contribution in [0.4, 0.5) is 11.4 Å². The Labute approximate surface area is 138 Å². The standard InChI is InChI=1S/C17H17N5O2/c23-22(24)13-3-1-12(2-4-13)17-19-15-6-5-14(11-16(15)20-17)21-9-7-18-8-10-21/h1-6,11,18H,7-10H2,(H,19,20). The molecule has 1 saturated heterocycles. The molecule has 0 unspecified atom stereocenters. The van der Waals surface area contributed by atoms with Crippen molar-refractivity contribution >= 4 is 22.4 Å². The predicted molar refractivity (Wildman–Crippen MR) is 93.3 cm³/mol. The first-order chi connectivity index (χ1) is 11.7. The largest absolute Gasteiger partial charge is 0.369 e. The number of anilines is 1. The molecule has 2 aromatic carbocycles. The Kier molecular flexibility index (Phi) is 3.62. The summed E-state index contributed by atoms with van der Waals surface area (Å²) in [6, 6.07) is 12.6. The van der Waals surface area contributed by atoms with Gasteiger partial charge in [0.25, 0.3) is 5.69 Å². The number of nitro groups is 1. The molecule has 24 heavy (non-hydrogen) atoms. The maximum absolute atomic E-state index is 10.8. The van der Waals surface area contributed by atoms with E-state index in [4.69, 9.17) is 0 Å². The Bertz CT molecular complexity index is 882. The van der Waals surface area contributed by atoms with Crippen LogP contribution in [0, 0.1) is 10.1 Å². The molecule has 122 valence electrons. The van der Waals surface area contributed by atoms with Gasteiger partial charge in [0.15, 0.2) is 0 Å². The fraction of sp³-hybridized carbons (Fsp3) is 0.235. The summed E-state index contributed by atoms with van der Waals surface area (Å²) < 4.78 is 0. The highest BCUT2D eigenvalue weighted by Crippen LogP contribution is 2.26. The zero-order valence-corrected chi connectivity index (χ0v) is 13.0. The van der Waals surface area contributed by atoms with Crippen molar-refractivity contribution in [1.29, 1.82) is 0 Å². The number of imidazole rings is 1. The highest BCUT2D eigenvalue weighted by Gasteiger charge is 2.13. The molecule has 0 radical (unpaired) electrons. The van der Waals surface area contributed by atoms with Crippen molar-refractivity contribution in [2.24, 2.45) is 0 Å². The topological polar surface area (TPSA) is 87.1 Å². The minimum Gasteiger partial charge on any atom is -0.369 e. The van der Waals surface area contributed by atoms with Crippen molar-refractivity contribution in [3.05, 3.63) is 52.6 Å². The summed E-state index contributed by atoms with van der Waals surface area (Å²) in [7, 11) is 0. The first-order valence-electron chi connectivity index (χ1n) is 7.91. The molecule has 2 N–H and O–H groups in total. The maximum Gasteiger partial charge on any atom is 0.269 e. The number of nitrogens with zero attached hydrogens (tertiary/aromatic N) is 3. The second-order valence-electron chi connectivity index (χ2n) is 5.83. The number of benzene rings is 2. The summed E-state index contributed by atoms with van der Waals surface area (Å²) in [6.07, 6.45) is 0. The predicted octanol–water partition coefficient (Wildman–Crippen LogP) is 2.55. The van der Waals surface area contributed by atoms with Crippen LogP contribution in [0.1, 0.15) is 0 Å². The third kappa shape index (κ3) is 2.69. The smallest absolute Gasteiger partial charge is 0.269 e. The zero-order valence-electron chi connectivity index (χ0n) is 13.0. The molecule has 0 spiro atoms. The molecule has 1 aliphatic heterocycles. The number of fused-ring (bicyclic) bond motifs is 1. The second-order valence-corrected chi connectivity index (χ2v) is 5.83. The van der Waals surface area contributed by atoms with E-state index in [0.29, 0.717) is 0 Å². The fourth-order valence-electron chi connectivity index (χ4n) is 3.00. The van der Waals surface area contributed by atoms with Crippen molar-refractivity contribution in [3.63, 3.8) is 0 Å². The van der Waals surface area contributed by atoms with Gasteiger partial charge in [0, 0.05) is 49.6 Å². The van der Waals surface area contributed by atoms with E-state index in [1.54, 1.807) is 12.1 Å². The molecule has 4 rings (SSSR count). The van der Waals surface area contributed by atoms with Crippen LogP contribution >= 0.6 is 0 Å². The van der Waals surface area contributed by atoms with Crippen LogP contribution in [-0.4, -0.2) is 41.1 Å². The normalized spacial score (nSPS) is 14.9. The summed E-state index contributed by atoms with van der Waals surface area (Å²) in [5.74, 6) is 0.720. The third-order valence-electron chi connectivity index (χ3n) is 4.30. The first kappa shape index (κ1) is 14.6. The number of aromatic amines is 1. The van der Waals surface area contributed by atoms with Crippen LogP contribution in [0.25, 0.3) is 22.4 Å². The van der Waals surface area contributed by atoms with Crippen LogP contribution in [-0.2, 0) is 0 Å². The van der Waals surface area contributed by atoms with Gasteiger partial charge in [-0.05, 0) is 30.3 Å². The molecule has 7 heteroatoms. The Morgan fingerprint density at radius 2 is 1.83 bits per heavy atom. The van der Waals surface area contributed by atoms with Gasteiger partial charge in [-0.3, -0.25) is 10.1 Å². The quantitative estimate of drug-likeness (QED) is 0.571. The van der Waals surface area contributed by atoms with Crippen molar-refractivity contribution in [3.8, 4) is 11.4 Å². The minimum absolute atomic E-state index is 0.0795. The number of non-ortho nitro benzene ring substituents is 1. The van der Waals surface area contributed by atoms with Crippen molar-refractivity contribution in [1.82, 2.24) is 15.3 Å². The zero-order chi connectivity index (χ0) is 16.5. The maximum atomic E-state index is 10.8. The van der Waals surface area contributed by atoms with Crippen LogP contribution in [0.5, 0.6) is 0 Å². The lowest BCUT2D eigenvalue weighted by atomic mass is 10.2. The van der Waals surface area contributed by atoms with E-state index < -0.39 is 4.92 Å². The summed E-state index contributed by atoms with van der Waals surface area (Å²) in [4.78, 5) is 20.6. The van der Waals surface area contributed by atoms with Gasteiger partial charge in [0.1, 0.15) is 5.82 Å². The molecule has 1 fully saturated rings. The van der Waals surface area contributed by atoms with Crippen LogP contribution in [0.3, 0.4) is 0 Å². The Morgan fingerprint density at radius 1 is 1.08 bits per heavy atom. The number of H-pyrrole nitrogens is 1. The Balaban J connectivity index is 1.66.